The topological polar surface area (TPSA) is 48.2 Å². The lowest BCUT2D eigenvalue weighted by Gasteiger charge is -2.12. The summed E-state index contributed by atoms with van der Waals surface area (Å²) >= 11 is 6.16. The molecule has 0 radical (unpaired) electrons. The van der Waals surface area contributed by atoms with Crippen molar-refractivity contribution in [3.63, 3.8) is 0 Å². The lowest BCUT2D eigenvalue weighted by atomic mass is 9.98. The van der Waals surface area contributed by atoms with Gasteiger partial charge in [0.1, 0.15) is 5.75 Å². The molecule has 5 heteroatoms. The summed E-state index contributed by atoms with van der Waals surface area (Å²) in [4.78, 5) is 8.23. The number of methoxy groups -OCH3 is 1. The molecule has 3 rings (SSSR count). The van der Waals surface area contributed by atoms with Gasteiger partial charge in [0.05, 0.1) is 19.5 Å². The van der Waals surface area contributed by atoms with E-state index in [1.807, 2.05) is 31.2 Å². The second-order valence-electron chi connectivity index (χ2n) is 4.58. The first-order valence-corrected chi connectivity index (χ1v) is 6.76. The molecule has 3 aromatic rings. The number of aromatic nitrogens is 2. The zero-order valence-electron chi connectivity index (χ0n) is 11.6. The molecule has 0 saturated heterocycles. The van der Waals surface area contributed by atoms with Gasteiger partial charge in [-0.3, -0.25) is 4.98 Å². The number of halogens is 1. The number of ether oxygens (including phenoxy) is 1. The van der Waals surface area contributed by atoms with Crippen LogP contribution in [-0.4, -0.2) is 17.1 Å². The van der Waals surface area contributed by atoms with Gasteiger partial charge in [-0.15, -0.1) is 0 Å². The van der Waals surface area contributed by atoms with E-state index < -0.39 is 0 Å². The third-order valence-corrected chi connectivity index (χ3v) is 3.43. The molecule has 21 heavy (non-hydrogen) atoms. The third kappa shape index (κ3) is 2.62. The molecule has 0 aliphatic heterocycles. The second kappa shape index (κ2) is 5.58. The van der Waals surface area contributed by atoms with Crippen molar-refractivity contribution in [2.45, 2.75) is 6.92 Å². The Morgan fingerprint density at radius 1 is 1.10 bits per heavy atom. The highest BCUT2D eigenvalue weighted by Crippen LogP contribution is 2.38. The number of rotatable bonds is 3. The molecule has 0 saturated carbocycles. The molecule has 0 atom stereocenters. The molecule has 0 amide bonds. The van der Waals surface area contributed by atoms with Gasteiger partial charge in [0, 0.05) is 21.8 Å². The van der Waals surface area contributed by atoms with Gasteiger partial charge in [-0.05, 0) is 36.8 Å². The van der Waals surface area contributed by atoms with E-state index >= 15 is 0 Å². The Labute approximate surface area is 127 Å². The molecular formula is C16H13ClN2O2. The first kappa shape index (κ1) is 13.6. The van der Waals surface area contributed by atoms with E-state index in [0.29, 0.717) is 16.5 Å². The van der Waals surface area contributed by atoms with Crippen molar-refractivity contribution in [3.8, 4) is 28.2 Å². The summed E-state index contributed by atoms with van der Waals surface area (Å²) in [7, 11) is 1.62. The SMILES string of the molecule is COc1cnc(C)cc1-c1cc(Cl)ccc1-c1cnco1. The molecule has 0 spiro atoms. The van der Waals surface area contributed by atoms with Crippen molar-refractivity contribution in [1.29, 1.82) is 0 Å². The molecule has 0 aliphatic rings. The smallest absolute Gasteiger partial charge is 0.181 e. The largest absolute Gasteiger partial charge is 0.494 e. The van der Waals surface area contributed by atoms with Crippen LogP contribution >= 0.6 is 11.6 Å². The molecule has 2 aromatic heterocycles. The molecule has 0 unspecified atom stereocenters. The Balaban J connectivity index is 2.27. The predicted molar refractivity (Wildman–Crippen MR) is 81.5 cm³/mol. The highest BCUT2D eigenvalue weighted by Gasteiger charge is 2.15. The summed E-state index contributed by atoms with van der Waals surface area (Å²) in [6.45, 7) is 1.93. The van der Waals surface area contributed by atoms with Crippen LogP contribution in [0.1, 0.15) is 5.69 Å². The minimum absolute atomic E-state index is 0.643. The monoisotopic (exact) mass is 300 g/mol. The minimum Gasteiger partial charge on any atom is -0.494 e. The van der Waals surface area contributed by atoms with Crippen LogP contribution in [0.3, 0.4) is 0 Å². The van der Waals surface area contributed by atoms with Crippen molar-refractivity contribution in [3.05, 3.63) is 53.8 Å². The first-order chi connectivity index (χ1) is 10.2. The highest BCUT2D eigenvalue weighted by molar-refractivity contribution is 6.31. The van der Waals surface area contributed by atoms with Crippen molar-refractivity contribution in [2.24, 2.45) is 0 Å². The molecule has 0 bridgehead atoms. The van der Waals surface area contributed by atoms with Crippen LogP contribution in [0.15, 0.2) is 47.5 Å². The van der Waals surface area contributed by atoms with E-state index in [4.69, 9.17) is 20.8 Å². The predicted octanol–water partition coefficient (Wildman–Crippen LogP) is 4.37. The van der Waals surface area contributed by atoms with Crippen LogP contribution in [0.2, 0.25) is 5.02 Å². The maximum Gasteiger partial charge on any atom is 0.181 e. The number of oxazole rings is 1. The number of benzene rings is 1. The Bertz CT molecular complexity index is 770. The van der Waals surface area contributed by atoms with Crippen LogP contribution in [0, 0.1) is 6.92 Å². The van der Waals surface area contributed by atoms with Gasteiger partial charge in [0.25, 0.3) is 0 Å². The van der Waals surface area contributed by atoms with Crippen LogP contribution in [0.25, 0.3) is 22.5 Å². The van der Waals surface area contributed by atoms with Crippen LogP contribution in [-0.2, 0) is 0 Å². The first-order valence-electron chi connectivity index (χ1n) is 6.38. The zero-order valence-corrected chi connectivity index (χ0v) is 12.4. The zero-order chi connectivity index (χ0) is 14.8. The van der Waals surface area contributed by atoms with Gasteiger partial charge >= 0.3 is 0 Å². The summed E-state index contributed by atoms with van der Waals surface area (Å²) < 4.78 is 10.8. The van der Waals surface area contributed by atoms with Crippen molar-refractivity contribution in [1.82, 2.24) is 9.97 Å². The summed E-state index contributed by atoms with van der Waals surface area (Å²) in [5.74, 6) is 1.36. The highest BCUT2D eigenvalue weighted by atomic mass is 35.5. The normalized spacial score (nSPS) is 10.6. The van der Waals surface area contributed by atoms with Crippen LogP contribution in [0.4, 0.5) is 0 Å². The summed E-state index contributed by atoms with van der Waals surface area (Å²) in [5, 5.41) is 0.643. The second-order valence-corrected chi connectivity index (χ2v) is 5.02. The Morgan fingerprint density at radius 2 is 1.95 bits per heavy atom. The van der Waals surface area contributed by atoms with Gasteiger partial charge in [0.15, 0.2) is 12.2 Å². The summed E-state index contributed by atoms with van der Waals surface area (Å²) in [6.07, 6.45) is 4.78. The average Bonchev–Trinajstić information content (AvgIpc) is 3.01. The fourth-order valence-corrected chi connectivity index (χ4v) is 2.40. The van der Waals surface area contributed by atoms with Gasteiger partial charge in [-0.2, -0.15) is 0 Å². The van der Waals surface area contributed by atoms with Crippen LogP contribution < -0.4 is 4.74 Å². The number of nitrogens with zero attached hydrogens (tertiary/aromatic N) is 2. The van der Waals surface area contributed by atoms with E-state index in [1.54, 1.807) is 19.5 Å². The van der Waals surface area contributed by atoms with Crippen LogP contribution in [0.5, 0.6) is 5.75 Å². The number of hydrogen-bond donors (Lipinski definition) is 0. The summed E-state index contributed by atoms with van der Waals surface area (Å²) in [6, 6.07) is 7.58. The molecule has 106 valence electrons. The van der Waals surface area contributed by atoms with E-state index in [2.05, 4.69) is 9.97 Å². The maximum atomic E-state index is 6.16. The fourth-order valence-electron chi connectivity index (χ4n) is 2.22. The molecule has 0 aliphatic carbocycles. The van der Waals surface area contributed by atoms with Gasteiger partial charge in [-0.25, -0.2) is 4.98 Å². The van der Waals surface area contributed by atoms with Crippen molar-refractivity contribution in [2.75, 3.05) is 7.11 Å². The Hall–Kier alpha value is -2.33. The van der Waals surface area contributed by atoms with E-state index in [1.165, 1.54) is 6.39 Å². The fraction of sp³-hybridized carbons (Fsp3) is 0.125. The average molecular weight is 301 g/mol. The molecule has 1 aromatic carbocycles. The van der Waals surface area contributed by atoms with Gasteiger partial charge in [-0.1, -0.05) is 11.6 Å². The van der Waals surface area contributed by atoms with Crippen molar-refractivity contribution >= 4 is 11.6 Å². The van der Waals surface area contributed by atoms with Crippen molar-refractivity contribution < 1.29 is 9.15 Å². The molecule has 4 nitrogen and oxygen atoms in total. The minimum atomic E-state index is 0.643. The quantitative estimate of drug-likeness (QED) is 0.720. The van der Waals surface area contributed by atoms with E-state index in [0.717, 1.165) is 22.4 Å². The Morgan fingerprint density at radius 3 is 2.67 bits per heavy atom. The van der Waals surface area contributed by atoms with Gasteiger partial charge in [0.2, 0.25) is 0 Å². The molecule has 0 fully saturated rings. The Kier molecular flexibility index (Phi) is 3.62. The van der Waals surface area contributed by atoms with E-state index in [-0.39, 0.29) is 0 Å². The van der Waals surface area contributed by atoms with Gasteiger partial charge < -0.3 is 9.15 Å². The standard InChI is InChI=1S/C16H13ClN2O2/c1-10-5-14(15(20-2)8-19-10)13-6-11(17)3-4-12(13)16-7-18-9-21-16/h3-9H,1-2H3. The lowest BCUT2D eigenvalue weighted by Crippen LogP contribution is -1.93. The lowest BCUT2D eigenvalue weighted by molar-refractivity contribution is 0.414. The molecule has 0 N–H and O–H groups in total. The maximum absolute atomic E-state index is 6.16. The number of aryl methyl sites for hydroxylation is 1. The molecule has 2 heterocycles. The summed E-state index contributed by atoms with van der Waals surface area (Å²) in [5.41, 5.74) is 3.63. The third-order valence-electron chi connectivity index (χ3n) is 3.19. The number of hydrogen-bond acceptors (Lipinski definition) is 4. The van der Waals surface area contributed by atoms with E-state index in [9.17, 15) is 0 Å². The molecular weight excluding hydrogens is 288 g/mol. The number of pyridine rings is 1.